The Morgan fingerprint density at radius 1 is 1.33 bits per heavy atom. The molecule has 0 spiro atoms. The lowest BCUT2D eigenvalue weighted by atomic mass is 10.0. The van der Waals surface area contributed by atoms with Crippen LogP contribution in [0.5, 0.6) is 0 Å². The molecule has 1 amide bonds. The summed E-state index contributed by atoms with van der Waals surface area (Å²) in [5.41, 5.74) is 0. The van der Waals surface area contributed by atoms with Gasteiger partial charge < -0.3 is 15.0 Å². The van der Waals surface area contributed by atoms with Gasteiger partial charge in [0.1, 0.15) is 6.10 Å². The third-order valence-electron chi connectivity index (χ3n) is 3.50. The summed E-state index contributed by atoms with van der Waals surface area (Å²) in [6.45, 7) is 8.36. The van der Waals surface area contributed by atoms with Crippen LogP contribution in [0.15, 0.2) is 0 Å². The molecule has 0 radical (unpaired) electrons. The van der Waals surface area contributed by atoms with Gasteiger partial charge in [-0.3, -0.25) is 4.79 Å². The molecule has 2 aliphatic rings. The number of nitrogens with one attached hydrogen (secondary N) is 1. The van der Waals surface area contributed by atoms with Crippen LogP contribution < -0.4 is 5.32 Å². The van der Waals surface area contributed by atoms with E-state index in [-0.39, 0.29) is 12.0 Å². The number of hydrogen-bond acceptors (Lipinski definition) is 3. The Morgan fingerprint density at radius 2 is 2.00 bits per heavy atom. The van der Waals surface area contributed by atoms with E-state index >= 15 is 0 Å². The van der Waals surface area contributed by atoms with E-state index in [0.717, 1.165) is 19.6 Å². The van der Waals surface area contributed by atoms with Gasteiger partial charge in [0, 0.05) is 26.2 Å². The number of nitrogens with zero attached hydrogens (tertiary/aromatic N) is 1. The maximum atomic E-state index is 12.1. The molecule has 1 N–H and O–H groups in total. The summed E-state index contributed by atoms with van der Waals surface area (Å²) in [4.78, 5) is 14.0. The van der Waals surface area contributed by atoms with Crippen molar-refractivity contribution in [2.45, 2.75) is 20.0 Å². The first-order valence-electron chi connectivity index (χ1n) is 5.79. The van der Waals surface area contributed by atoms with Gasteiger partial charge in [0.2, 0.25) is 0 Å². The lowest BCUT2D eigenvalue weighted by Crippen LogP contribution is -2.48. The molecule has 0 aliphatic carbocycles. The number of likely N-dealkylation sites (tertiary alicyclic amines) is 1. The third-order valence-corrected chi connectivity index (χ3v) is 3.50. The number of carbonyl (C=O) groups is 1. The Morgan fingerprint density at radius 3 is 2.53 bits per heavy atom. The number of rotatable bonds is 1. The van der Waals surface area contributed by atoms with E-state index in [1.54, 1.807) is 0 Å². The zero-order valence-corrected chi connectivity index (χ0v) is 9.53. The van der Waals surface area contributed by atoms with Crippen LogP contribution in [0, 0.1) is 11.8 Å². The average molecular weight is 212 g/mol. The van der Waals surface area contributed by atoms with Crippen LogP contribution >= 0.6 is 0 Å². The van der Waals surface area contributed by atoms with Crippen LogP contribution in [0.2, 0.25) is 0 Å². The molecule has 0 aromatic heterocycles. The van der Waals surface area contributed by atoms with E-state index in [1.165, 1.54) is 0 Å². The Bertz CT molecular complexity index is 229. The summed E-state index contributed by atoms with van der Waals surface area (Å²) in [6, 6.07) is 0. The van der Waals surface area contributed by atoms with Gasteiger partial charge in [-0.25, -0.2) is 0 Å². The fraction of sp³-hybridized carbons (Fsp3) is 0.909. The maximum Gasteiger partial charge on any atom is 0.253 e. The lowest BCUT2D eigenvalue weighted by Gasteiger charge is -2.27. The molecule has 2 unspecified atom stereocenters. The standard InChI is InChI=1S/C11H20N2O2/c1-8-6-13(7-9(8)2)11(14)10-5-12-3-4-15-10/h8-10,12H,3-7H2,1-2H3/t8?,9?,10-/m1/s1. The molecule has 86 valence electrons. The predicted octanol–water partition coefficient (Wildman–Crippen LogP) is 0.0892. The van der Waals surface area contributed by atoms with E-state index in [0.29, 0.717) is 25.0 Å². The Hall–Kier alpha value is -0.610. The van der Waals surface area contributed by atoms with E-state index in [4.69, 9.17) is 4.74 Å². The van der Waals surface area contributed by atoms with Gasteiger partial charge in [0.05, 0.1) is 6.61 Å². The fourth-order valence-electron chi connectivity index (χ4n) is 2.24. The molecule has 2 rings (SSSR count). The third kappa shape index (κ3) is 2.32. The van der Waals surface area contributed by atoms with Crippen LogP contribution in [0.1, 0.15) is 13.8 Å². The molecule has 4 heteroatoms. The van der Waals surface area contributed by atoms with E-state index in [2.05, 4.69) is 19.2 Å². The summed E-state index contributed by atoms with van der Waals surface area (Å²) >= 11 is 0. The minimum Gasteiger partial charge on any atom is -0.366 e. The zero-order chi connectivity index (χ0) is 10.8. The second kappa shape index (κ2) is 4.49. The number of morpholine rings is 1. The van der Waals surface area contributed by atoms with Crippen LogP contribution in [-0.2, 0) is 9.53 Å². The van der Waals surface area contributed by atoms with Crippen molar-refractivity contribution in [2.24, 2.45) is 11.8 Å². The molecule has 0 aromatic rings. The first-order chi connectivity index (χ1) is 7.18. The van der Waals surface area contributed by atoms with Crippen LogP contribution in [0.4, 0.5) is 0 Å². The lowest BCUT2D eigenvalue weighted by molar-refractivity contribution is -0.144. The SMILES string of the molecule is CC1CN(C(=O)[C@H]2CNCCO2)CC1C. The highest BCUT2D eigenvalue weighted by atomic mass is 16.5. The van der Waals surface area contributed by atoms with E-state index in [9.17, 15) is 4.79 Å². The van der Waals surface area contributed by atoms with Crippen molar-refractivity contribution in [2.75, 3.05) is 32.8 Å². The molecule has 3 atom stereocenters. The van der Waals surface area contributed by atoms with Crippen molar-refractivity contribution in [1.82, 2.24) is 10.2 Å². The highest BCUT2D eigenvalue weighted by Gasteiger charge is 2.33. The van der Waals surface area contributed by atoms with Crippen LogP contribution in [0.3, 0.4) is 0 Å². The molecule has 2 heterocycles. The molecule has 2 aliphatic heterocycles. The first-order valence-corrected chi connectivity index (χ1v) is 5.79. The second-order valence-corrected chi connectivity index (χ2v) is 4.76. The molecule has 0 bridgehead atoms. The maximum absolute atomic E-state index is 12.1. The molecule has 2 fully saturated rings. The second-order valence-electron chi connectivity index (χ2n) is 4.76. The van der Waals surface area contributed by atoms with Crippen molar-refractivity contribution >= 4 is 5.91 Å². The summed E-state index contributed by atoms with van der Waals surface area (Å²) < 4.78 is 5.47. The monoisotopic (exact) mass is 212 g/mol. The fourth-order valence-corrected chi connectivity index (χ4v) is 2.24. The number of amides is 1. The minimum absolute atomic E-state index is 0.165. The molecule has 4 nitrogen and oxygen atoms in total. The van der Waals surface area contributed by atoms with Gasteiger partial charge in [0.25, 0.3) is 5.91 Å². The number of carbonyl (C=O) groups excluding carboxylic acids is 1. The Kier molecular flexibility index (Phi) is 3.26. The quantitative estimate of drug-likeness (QED) is 0.670. The van der Waals surface area contributed by atoms with Crippen molar-refractivity contribution in [3.8, 4) is 0 Å². The highest BCUT2D eigenvalue weighted by molar-refractivity contribution is 5.81. The molecule has 2 saturated heterocycles. The van der Waals surface area contributed by atoms with Gasteiger partial charge in [-0.2, -0.15) is 0 Å². The van der Waals surface area contributed by atoms with Crippen molar-refractivity contribution in [3.05, 3.63) is 0 Å². The smallest absolute Gasteiger partial charge is 0.253 e. The van der Waals surface area contributed by atoms with Crippen LogP contribution in [-0.4, -0.2) is 49.7 Å². The van der Waals surface area contributed by atoms with Gasteiger partial charge >= 0.3 is 0 Å². The molecule has 0 saturated carbocycles. The van der Waals surface area contributed by atoms with Crippen molar-refractivity contribution < 1.29 is 9.53 Å². The minimum atomic E-state index is -0.253. The molecular formula is C11H20N2O2. The number of ether oxygens (including phenoxy) is 1. The van der Waals surface area contributed by atoms with Crippen LogP contribution in [0.25, 0.3) is 0 Å². The normalized spacial score (nSPS) is 36.9. The highest BCUT2D eigenvalue weighted by Crippen LogP contribution is 2.23. The summed E-state index contributed by atoms with van der Waals surface area (Å²) in [6.07, 6.45) is -0.253. The summed E-state index contributed by atoms with van der Waals surface area (Å²) in [7, 11) is 0. The molecular weight excluding hydrogens is 192 g/mol. The van der Waals surface area contributed by atoms with Crippen molar-refractivity contribution in [3.63, 3.8) is 0 Å². The first kappa shape index (κ1) is 10.9. The zero-order valence-electron chi connectivity index (χ0n) is 9.53. The predicted molar refractivity (Wildman–Crippen MR) is 57.5 cm³/mol. The summed E-state index contributed by atoms with van der Waals surface area (Å²) in [5.74, 6) is 1.40. The van der Waals surface area contributed by atoms with Crippen molar-refractivity contribution in [1.29, 1.82) is 0 Å². The Labute approximate surface area is 91.0 Å². The van der Waals surface area contributed by atoms with Gasteiger partial charge in [-0.05, 0) is 11.8 Å². The number of hydrogen-bond donors (Lipinski definition) is 1. The van der Waals surface area contributed by atoms with Gasteiger partial charge in [-0.15, -0.1) is 0 Å². The molecule has 15 heavy (non-hydrogen) atoms. The topological polar surface area (TPSA) is 41.6 Å². The van der Waals surface area contributed by atoms with E-state index < -0.39 is 0 Å². The van der Waals surface area contributed by atoms with Gasteiger partial charge in [-0.1, -0.05) is 13.8 Å². The summed E-state index contributed by atoms with van der Waals surface area (Å²) in [5, 5.41) is 3.19. The average Bonchev–Trinajstić information content (AvgIpc) is 2.59. The van der Waals surface area contributed by atoms with Gasteiger partial charge in [0.15, 0.2) is 0 Å². The largest absolute Gasteiger partial charge is 0.366 e. The molecule has 0 aromatic carbocycles. The Balaban J connectivity index is 1.90. The van der Waals surface area contributed by atoms with E-state index in [1.807, 2.05) is 4.90 Å².